The predicted octanol–water partition coefficient (Wildman–Crippen LogP) is 6.73. The van der Waals surface area contributed by atoms with Crippen molar-refractivity contribution in [3.63, 3.8) is 0 Å². The van der Waals surface area contributed by atoms with Crippen molar-refractivity contribution in [1.82, 2.24) is 34.0 Å². The molecular formula is C49H66Cl2F9N9O14S5. The van der Waals surface area contributed by atoms with Gasteiger partial charge in [0.1, 0.15) is 31.2 Å². The maximum Gasteiger partial charge on any atom is 0.424 e. The molecule has 7 rings (SSSR count). The van der Waals surface area contributed by atoms with Crippen LogP contribution in [0.5, 0.6) is 11.5 Å². The van der Waals surface area contributed by atoms with Crippen molar-refractivity contribution in [2.75, 3.05) is 98.8 Å². The van der Waals surface area contributed by atoms with E-state index in [2.05, 4.69) is 59.0 Å². The van der Waals surface area contributed by atoms with E-state index in [1.807, 2.05) is 35.7 Å². The van der Waals surface area contributed by atoms with Crippen molar-refractivity contribution < 1.29 is 103 Å². The van der Waals surface area contributed by atoms with E-state index in [1.54, 1.807) is 53.5 Å². The lowest BCUT2D eigenvalue weighted by Gasteiger charge is -2.41. The van der Waals surface area contributed by atoms with Gasteiger partial charge in [0.2, 0.25) is 0 Å². The van der Waals surface area contributed by atoms with Crippen LogP contribution in [-0.2, 0) is 50.0 Å². The Morgan fingerprint density at radius 2 is 1.14 bits per heavy atom. The highest BCUT2D eigenvalue weighted by atomic mass is 35.7. The van der Waals surface area contributed by atoms with Crippen LogP contribution < -0.4 is 40.6 Å². The van der Waals surface area contributed by atoms with Crippen LogP contribution in [0, 0.1) is 0 Å². The number of aliphatic hydroxyl groups excluding tert-OH is 1. The highest BCUT2D eigenvalue weighted by Crippen LogP contribution is 2.39. The summed E-state index contributed by atoms with van der Waals surface area (Å²) in [6.45, 7) is -1.96. The molecule has 0 atom stereocenters. The van der Waals surface area contributed by atoms with Crippen molar-refractivity contribution in [3.8, 4) is 11.5 Å². The standard InChI is InChI=1S/C20H24F3N3O4S2.C18H22N2O2S.C5H7F3N2O4S.C2H5ClO.C2H4F3N.CClNO3S.CH4/c1-30-16-6-3-2-5-15(16)18(27)24-13-19(17-7-4-12-31-17)8-10-26(11-9-19)32(28,29)25-14-20(21,22)23;1-22-15-6-3-2-5-14(15)17(21)20-13-18(8-10-19-11-9-18)16-7-4-12-23-16;6-5(7,8)3-9-15(12,13)10-1-2-14-4(10)11;3-1-2-4;3-2(4,5)1-6;2-7(5,6)3-1-4;/h2-7,12,25H,8-11,13-14H2,1H3,(H,24,27);2-7,12,19H,8-11,13H2,1H3,(H,20,21);9H,1-3H2;4H,1-2H2;1,6H2;;1H4. The molecule has 8 N–H and O–H groups in total. The van der Waals surface area contributed by atoms with Gasteiger partial charge in [-0.25, -0.2) is 9.59 Å². The molecule has 88 heavy (non-hydrogen) atoms. The summed E-state index contributed by atoms with van der Waals surface area (Å²) < 4.78 is 191. The number of rotatable bonds is 18. The molecule has 4 aromatic rings. The summed E-state index contributed by atoms with van der Waals surface area (Å²) >= 11 is 8.21. The second kappa shape index (κ2) is 37.7. The maximum absolute atomic E-state index is 12.8. The molecule has 23 nitrogen and oxygen atoms in total. The maximum atomic E-state index is 12.8. The molecule has 5 heterocycles. The number of isocyanates is 1. The molecule has 0 unspecified atom stereocenters. The molecular weight excluding hydrogens is 1340 g/mol. The average Bonchev–Trinajstić information content (AvgIpc) is 2.65. The number of aliphatic hydroxyl groups is 1. The molecule has 2 aromatic carbocycles. The fourth-order valence-corrected chi connectivity index (χ4v) is 12.2. The van der Waals surface area contributed by atoms with Gasteiger partial charge in [-0.05, 0) is 85.9 Å². The Morgan fingerprint density at radius 3 is 1.45 bits per heavy atom. The Hall–Kier alpha value is -5.41. The van der Waals surface area contributed by atoms with E-state index in [1.165, 1.54) is 28.0 Å². The predicted molar refractivity (Wildman–Crippen MR) is 312 cm³/mol. The number of nitrogens with two attached hydrogens (primary N) is 1. The largest absolute Gasteiger partial charge is 0.496 e. The number of amides is 3. The van der Waals surface area contributed by atoms with E-state index >= 15 is 0 Å². The van der Waals surface area contributed by atoms with Gasteiger partial charge < -0.3 is 41.0 Å². The minimum Gasteiger partial charge on any atom is -0.496 e. The lowest BCUT2D eigenvalue weighted by molar-refractivity contribution is -0.122. The number of cyclic esters (lactones) is 1. The van der Waals surface area contributed by atoms with E-state index in [-0.39, 0.29) is 68.4 Å². The zero-order valence-corrected chi connectivity index (χ0v) is 51.6. The van der Waals surface area contributed by atoms with Crippen LogP contribution in [0.2, 0.25) is 0 Å². The minimum absolute atomic E-state index is 0. The number of hydrogen-bond donors (Lipinski definition) is 7. The first-order valence-corrected chi connectivity index (χ1v) is 32.4. The van der Waals surface area contributed by atoms with E-state index < -0.39 is 79.3 Å². The first-order valence-electron chi connectivity index (χ1n) is 25.0. The van der Waals surface area contributed by atoms with Gasteiger partial charge in [-0.15, -0.1) is 34.3 Å². The first-order chi connectivity index (χ1) is 40.6. The second-order valence-electron chi connectivity index (χ2n) is 17.8. The lowest BCUT2D eigenvalue weighted by atomic mass is 9.77. The smallest absolute Gasteiger partial charge is 0.424 e. The fourth-order valence-electron chi connectivity index (χ4n) is 7.75. The second-order valence-corrected chi connectivity index (χ2v) is 25.7. The number of benzene rings is 2. The van der Waals surface area contributed by atoms with Crippen LogP contribution in [0.25, 0.3) is 0 Å². The number of thiophene rings is 2. The SMILES string of the molecule is C.COc1ccccc1C(=O)NCC1(c2cccs2)CCN(S(=O)(=O)NCC(F)(F)F)CC1.COc1ccccc1C(=O)NCC1(c2cccs2)CCNCC1.NCC(F)(F)F.O=C1OCCN1S(=O)(=O)NCC(F)(F)F.O=C=NS(=O)(=O)Cl.OCCCl. The van der Waals surface area contributed by atoms with Gasteiger partial charge in [0, 0.05) is 63.3 Å². The van der Waals surface area contributed by atoms with E-state index in [0.29, 0.717) is 47.9 Å². The Labute approximate surface area is 520 Å². The van der Waals surface area contributed by atoms with Gasteiger partial charge >= 0.3 is 44.1 Å². The van der Waals surface area contributed by atoms with E-state index in [9.17, 15) is 79.2 Å². The van der Waals surface area contributed by atoms with Crippen LogP contribution in [-0.4, -0.2) is 180 Å². The van der Waals surface area contributed by atoms with Crippen molar-refractivity contribution in [3.05, 3.63) is 104 Å². The van der Waals surface area contributed by atoms with Gasteiger partial charge in [0.15, 0.2) is 0 Å². The van der Waals surface area contributed by atoms with E-state index in [0.717, 1.165) is 41.2 Å². The van der Waals surface area contributed by atoms with Gasteiger partial charge in [0.05, 0.1) is 45.0 Å². The average molecular weight is 1410 g/mol. The summed E-state index contributed by atoms with van der Waals surface area (Å²) in [6, 6.07) is 22.2. The molecule has 3 aliphatic rings. The summed E-state index contributed by atoms with van der Waals surface area (Å²) in [7, 11) is -5.27. The Kier molecular flexibility index (Phi) is 34.5. The third kappa shape index (κ3) is 29.0. The van der Waals surface area contributed by atoms with Crippen molar-refractivity contribution in [1.29, 1.82) is 0 Å². The Morgan fingerprint density at radius 1 is 0.727 bits per heavy atom. The Bertz CT molecular complexity index is 3140. The summed E-state index contributed by atoms with van der Waals surface area (Å²) in [5.41, 5.74) is 4.66. The number of halogens is 11. The third-order valence-electron chi connectivity index (χ3n) is 11.9. The fraction of sp³-hybridized carbons (Fsp3) is 0.510. The van der Waals surface area contributed by atoms with Gasteiger partial charge in [-0.2, -0.15) is 82.8 Å². The zero-order chi connectivity index (χ0) is 65.8. The molecule has 0 radical (unpaired) electrons. The van der Waals surface area contributed by atoms with Gasteiger partial charge in [0.25, 0.3) is 28.1 Å². The highest BCUT2D eigenvalue weighted by molar-refractivity contribution is 8.12. The number of para-hydroxylation sites is 2. The van der Waals surface area contributed by atoms with Crippen LogP contribution in [0.15, 0.2) is 88.0 Å². The molecule has 498 valence electrons. The summed E-state index contributed by atoms with van der Waals surface area (Å²) in [5.74, 6) is 1.00. The molecule has 0 bridgehead atoms. The Balaban J connectivity index is 0.000000602. The number of carbonyl (C=O) groups excluding carboxylic acids is 4. The van der Waals surface area contributed by atoms with Crippen LogP contribution >= 0.6 is 45.0 Å². The quantitative estimate of drug-likeness (QED) is 0.0179. The van der Waals surface area contributed by atoms with Crippen LogP contribution in [0.4, 0.5) is 44.3 Å². The molecule has 39 heteroatoms. The van der Waals surface area contributed by atoms with Crippen molar-refractivity contribution in [2.45, 2.75) is 62.5 Å². The van der Waals surface area contributed by atoms with E-state index in [4.69, 9.17) is 31.0 Å². The monoisotopic (exact) mass is 1410 g/mol. The molecule has 3 fully saturated rings. The number of piperidine rings is 2. The molecule has 0 spiro atoms. The first kappa shape index (κ1) is 80.6. The number of carbonyl (C=O) groups is 3. The zero-order valence-electron chi connectivity index (χ0n) is 46.0. The molecule has 3 saturated heterocycles. The lowest BCUT2D eigenvalue weighted by Crippen LogP contribution is -2.53. The number of methoxy groups -OCH3 is 2. The number of nitrogens with zero attached hydrogens (tertiary/aromatic N) is 3. The molecule has 3 amide bonds. The number of nitrogens with one attached hydrogen (secondary N) is 5. The summed E-state index contributed by atoms with van der Waals surface area (Å²) in [6.07, 6.45) is -11.1. The van der Waals surface area contributed by atoms with Crippen molar-refractivity contribution in [2.24, 2.45) is 10.1 Å². The minimum atomic E-state index is -4.67. The topological polar surface area (TPSA) is 324 Å². The summed E-state index contributed by atoms with van der Waals surface area (Å²) in [4.78, 5) is 47.5. The molecule has 0 saturated carbocycles. The summed E-state index contributed by atoms with van der Waals surface area (Å²) in [5, 5.41) is 21.2. The molecule has 0 aliphatic carbocycles. The normalized spacial score (nSPS) is 15.6. The van der Waals surface area contributed by atoms with Crippen LogP contribution in [0.1, 0.15) is 63.6 Å². The van der Waals surface area contributed by atoms with Gasteiger partial charge in [-0.3, -0.25) is 9.59 Å². The van der Waals surface area contributed by atoms with Crippen LogP contribution in [0.3, 0.4) is 0 Å². The van der Waals surface area contributed by atoms with Gasteiger partial charge in [-0.1, -0.05) is 48.2 Å². The number of hydrogen-bond acceptors (Lipinski definition) is 18. The number of alkyl halides is 10. The van der Waals surface area contributed by atoms with Crippen molar-refractivity contribution >= 4 is 98.6 Å². The molecule has 2 aromatic heterocycles. The highest BCUT2D eigenvalue weighted by Gasteiger charge is 2.42. The third-order valence-corrected chi connectivity index (χ3v) is 17.8. The number of ether oxygens (including phenoxy) is 3. The molecule has 3 aliphatic heterocycles.